The molecular weight excluding hydrogens is 264 g/mol. The molecule has 114 valence electrons. The predicted octanol–water partition coefficient (Wildman–Crippen LogP) is 2.51. The fourth-order valence-corrected chi connectivity index (χ4v) is 3.45. The van der Waals surface area contributed by atoms with Gasteiger partial charge in [-0.3, -0.25) is 4.79 Å². The Morgan fingerprint density at radius 1 is 1.33 bits per heavy atom. The molecule has 0 radical (unpaired) electrons. The SMILES string of the molecule is COc1ccc2c(c1)CCCN2C(=O)C1(C)CCCCN1. The molecule has 0 aliphatic carbocycles. The van der Waals surface area contributed by atoms with Crippen LogP contribution in [0.2, 0.25) is 0 Å². The third-order valence-electron chi connectivity index (χ3n) is 4.74. The standard InChI is InChI=1S/C17H24N2O2/c1-17(9-3-4-10-18-17)16(20)19-11-5-6-13-12-14(21-2)7-8-15(13)19/h7-8,12,18H,3-6,9-11H2,1-2H3. The van der Waals surface area contributed by atoms with Crippen molar-refractivity contribution in [3.63, 3.8) is 0 Å². The van der Waals surface area contributed by atoms with Crippen LogP contribution in [0.15, 0.2) is 18.2 Å². The fraction of sp³-hybridized carbons (Fsp3) is 0.588. The second-order valence-electron chi connectivity index (χ2n) is 6.27. The van der Waals surface area contributed by atoms with Gasteiger partial charge in [-0.05, 0) is 69.3 Å². The van der Waals surface area contributed by atoms with E-state index in [9.17, 15) is 4.79 Å². The molecule has 4 heteroatoms. The zero-order chi connectivity index (χ0) is 14.9. The van der Waals surface area contributed by atoms with E-state index in [4.69, 9.17) is 4.74 Å². The molecule has 2 aliphatic rings. The average molecular weight is 288 g/mol. The smallest absolute Gasteiger partial charge is 0.247 e. The first kappa shape index (κ1) is 14.4. The van der Waals surface area contributed by atoms with E-state index >= 15 is 0 Å². The van der Waals surface area contributed by atoms with Crippen molar-refractivity contribution in [2.45, 2.75) is 44.6 Å². The van der Waals surface area contributed by atoms with Crippen molar-refractivity contribution < 1.29 is 9.53 Å². The van der Waals surface area contributed by atoms with Crippen LogP contribution >= 0.6 is 0 Å². The van der Waals surface area contributed by atoms with Crippen LogP contribution in [-0.2, 0) is 11.2 Å². The quantitative estimate of drug-likeness (QED) is 0.909. The van der Waals surface area contributed by atoms with E-state index in [2.05, 4.69) is 11.4 Å². The number of rotatable bonds is 2. The minimum absolute atomic E-state index is 0.216. The minimum atomic E-state index is -0.410. The molecule has 1 N–H and O–H groups in total. The van der Waals surface area contributed by atoms with Gasteiger partial charge < -0.3 is 15.0 Å². The monoisotopic (exact) mass is 288 g/mol. The number of hydrogen-bond donors (Lipinski definition) is 1. The Morgan fingerprint density at radius 2 is 2.19 bits per heavy atom. The van der Waals surface area contributed by atoms with Crippen LogP contribution < -0.4 is 15.0 Å². The summed E-state index contributed by atoms with van der Waals surface area (Å²) in [5.74, 6) is 1.08. The first-order valence-corrected chi connectivity index (χ1v) is 7.88. The molecule has 3 rings (SSSR count). The molecule has 1 aromatic rings. The number of hydrogen-bond acceptors (Lipinski definition) is 3. The van der Waals surface area contributed by atoms with Gasteiger partial charge in [-0.1, -0.05) is 0 Å². The van der Waals surface area contributed by atoms with E-state index in [0.29, 0.717) is 0 Å². The van der Waals surface area contributed by atoms with Crippen LogP contribution in [-0.4, -0.2) is 31.6 Å². The van der Waals surface area contributed by atoms with Crippen molar-refractivity contribution in [2.75, 3.05) is 25.1 Å². The molecule has 2 heterocycles. The summed E-state index contributed by atoms with van der Waals surface area (Å²) in [6.45, 7) is 3.80. The number of carbonyl (C=O) groups excluding carboxylic acids is 1. The molecule has 1 unspecified atom stereocenters. The van der Waals surface area contributed by atoms with Gasteiger partial charge in [-0.25, -0.2) is 0 Å². The average Bonchev–Trinajstić information content (AvgIpc) is 2.53. The second kappa shape index (κ2) is 5.68. The number of nitrogens with one attached hydrogen (secondary N) is 1. The van der Waals surface area contributed by atoms with Crippen molar-refractivity contribution in [1.82, 2.24) is 5.32 Å². The minimum Gasteiger partial charge on any atom is -0.497 e. The molecule has 1 aromatic carbocycles. The first-order valence-electron chi connectivity index (χ1n) is 7.88. The molecule has 0 saturated carbocycles. The Balaban J connectivity index is 1.89. The molecular formula is C17H24N2O2. The van der Waals surface area contributed by atoms with Crippen LogP contribution in [0.4, 0.5) is 5.69 Å². The molecule has 0 spiro atoms. The lowest BCUT2D eigenvalue weighted by Gasteiger charge is -2.40. The summed E-state index contributed by atoms with van der Waals surface area (Å²) in [5.41, 5.74) is 1.86. The molecule has 1 amide bonds. The second-order valence-corrected chi connectivity index (χ2v) is 6.27. The van der Waals surface area contributed by atoms with Gasteiger partial charge in [-0.15, -0.1) is 0 Å². The van der Waals surface area contributed by atoms with Crippen molar-refractivity contribution in [3.05, 3.63) is 23.8 Å². The number of fused-ring (bicyclic) bond motifs is 1. The number of piperidine rings is 1. The van der Waals surface area contributed by atoms with E-state index in [0.717, 1.165) is 56.6 Å². The molecule has 21 heavy (non-hydrogen) atoms. The fourth-order valence-electron chi connectivity index (χ4n) is 3.45. The van der Waals surface area contributed by atoms with Crippen LogP contribution in [0, 0.1) is 0 Å². The lowest BCUT2D eigenvalue weighted by molar-refractivity contribution is -0.125. The lowest BCUT2D eigenvalue weighted by Crippen LogP contribution is -2.58. The highest BCUT2D eigenvalue weighted by atomic mass is 16.5. The summed E-state index contributed by atoms with van der Waals surface area (Å²) >= 11 is 0. The first-order chi connectivity index (χ1) is 10.1. The van der Waals surface area contributed by atoms with Crippen molar-refractivity contribution in [1.29, 1.82) is 0 Å². The zero-order valence-electron chi connectivity index (χ0n) is 12.9. The number of amides is 1. The number of ether oxygens (including phenoxy) is 1. The Kier molecular flexibility index (Phi) is 3.89. The van der Waals surface area contributed by atoms with E-state index in [1.165, 1.54) is 5.56 Å². The highest BCUT2D eigenvalue weighted by Gasteiger charge is 2.39. The van der Waals surface area contributed by atoms with Gasteiger partial charge in [-0.2, -0.15) is 0 Å². The lowest BCUT2D eigenvalue weighted by atomic mass is 9.88. The van der Waals surface area contributed by atoms with Gasteiger partial charge in [0, 0.05) is 12.2 Å². The summed E-state index contributed by atoms with van der Waals surface area (Å²) in [6.07, 6.45) is 5.24. The Morgan fingerprint density at radius 3 is 2.90 bits per heavy atom. The highest BCUT2D eigenvalue weighted by Crippen LogP contribution is 2.33. The normalized spacial score (nSPS) is 25.3. The summed E-state index contributed by atoms with van der Waals surface area (Å²) in [4.78, 5) is 15.0. The van der Waals surface area contributed by atoms with E-state index in [1.807, 2.05) is 24.0 Å². The Hall–Kier alpha value is -1.55. The number of nitrogens with zero attached hydrogens (tertiary/aromatic N) is 1. The van der Waals surface area contributed by atoms with E-state index in [1.54, 1.807) is 7.11 Å². The largest absolute Gasteiger partial charge is 0.497 e. The van der Waals surface area contributed by atoms with E-state index in [-0.39, 0.29) is 5.91 Å². The number of carbonyl (C=O) groups is 1. The summed E-state index contributed by atoms with van der Waals surface area (Å²) in [7, 11) is 1.68. The molecule has 0 bridgehead atoms. The topological polar surface area (TPSA) is 41.6 Å². The van der Waals surface area contributed by atoms with Crippen LogP contribution in [0.3, 0.4) is 0 Å². The number of methoxy groups -OCH3 is 1. The molecule has 0 aromatic heterocycles. The highest BCUT2D eigenvalue weighted by molar-refractivity contribution is 6.01. The van der Waals surface area contributed by atoms with Crippen molar-refractivity contribution >= 4 is 11.6 Å². The maximum atomic E-state index is 13.0. The maximum absolute atomic E-state index is 13.0. The molecule has 2 aliphatic heterocycles. The van der Waals surface area contributed by atoms with Crippen LogP contribution in [0.25, 0.3) is 0 Å². The van der Waals surface area contributed by atoms with Gasteiger partial charge in [0.15, 0.2) is 0 Å². The number of aryl methyl sites for hydroxylation is 1. The number of benzene rings is 1. The Bertz CT molecular complexity index is 536. The summed E-state index contributed by atoms with van der Waals surface area (Å²) < 4.78 is 5.30. The Labute approximate surface area is 126 Å². The maximum Gasteiger partial charge on any atom is 0.247 e. The molecule has 1 fully saturated rings. The van der Waals surface area contributed by atoms with Crippen molar-refractivity contribution in [3.8, 4) is 5.75 Å². The van der Waals surface area contributed by atoms with Gasteiger partial charge >= 0.3 is 0 Å². The zero-order valence-corrected chi connectivity index (χ0v) is 12.9. The molecule has 4 nitrogen and oxygen atoms in total. The van der Waals surface area contributed by atoms with Crippen LogP contribution in [0.1, 0.15) is 38.2 Å². The van der Waals surface area contributed by atoms with E-state index < -0.39 is 5.54 Å². The molecule has 1 saturated heterocycles. The van der Waals surface area contributed by atoms with Crippen LogP contribution in [0.5, 0.6) is 5.75 Å². The van der Waals surface area contributed by atoms with Crippen molar-refractivity contribution in [2.24, 2.45) is 0 Å². The number of anilines is 1. The summed E-state index contributed by atoms with van der Waals surface area (Å²) in [6, 6.07) is 6.03. The molecule has 1 atom stereocenters. The van der Waals surface area contributed by atoms with Gasteiger partial charge in [0.1, 0.15) is 5.75 Å². The third-order valence-corrected chi connectivity index (χ3v) is 4.74. The van der Waals surface area contributed by atoms with Gasteiger partial charge in [0.2, 0.25) is 5.91 Å². The van der Waals surface area contributed by atoms with Gasteiger partial charge in [0.25, 0.3) is 0 Å². The third kappa shape index (κ3) is 2.64. The predicted molar refractivity (Wildman–Crippen MR) is 83.9 cm³/mol. The summed E-state index contributed by atoms with van der Waals surface area (Å²) in [5, 5.41) is 3.43. The van der Waals surface area contributed by atoms with Gasteiger partial charge in [0.05, 0.1) is 12.6 Å².